The number of hydrogen-bond acceptors (Lipinski definition) is 3. The maximum atomic E-state index is 12.3. The Hall–Kier alpha value is -1.88. The zero-order chi connectivity index (χ0) is 14.7. The molecule has 5 nitrogen and oxygen atoms in total. The molecule has 1 aliphatic heterocycles. The third-order valence-corrected chi connectivity index (χ3v) is 3.78. The van der Waals surface area contributed by atoms with Gasteiger partial charge < -0.3 is 14.7 Å². The first-order chi connectivity index (χ1) is 9.50. The smallest absolute Gasteiger partial charge is 0.332 e. The van der Waals surface area contributed by atoms with Crippen LogP contribution in [0.15, 0.2) is 30.3 Å². The minimum atomic E-state index is -1.00. The van der Waals surface area contributed by atoms with E-state index in [1.807, 2.05) is 37.3 Å². The predicted octanol–water partition coefficient (Wildman–Crippen LogP) is 1.84. The molecule has 1 saturated heterocycles. The van der Waals surface area contributed by atoms with E-state index in [-0.39, 0.29) is 11.9 Å². The van der Waals surface area contributed by atoms with Crippen molar-refractivity contribution >= 4 is 11.9 Å². The lowest BCUT2D eigenvalue weighted by molar-refractivity contribution is -0.155. The van der Waals surface area contributed by atoms with Crippen LogP contribution >= 0.6 is 0 Å². The molecule has 1 N–H and O–H groups in total. The summed E-state index contributed by atoms with van der Waals surface area (Å²) in [6.07, 6.45) is -0.655. The molecule has 0 radical (unpaired) electrons. The highest BCUT2D eigenvalue weighted by Crippen LogP contribution is 2.25. The monoisotopic (exact) mass is 277 g/mol. The van der Waals surface area contributed by atoms with Crippen LogP contribution in [0, 0.1) is 0 Å². The number of carbonyl (C=O) groups excluding carboxylic acids is 1. The SMILES string of the molecule is CC(c1ccccc1)N(C)C(=O)C1CCC(C(=O)O)O1. The number of carboxylic acid groups (broad SMARTS) is 1. The molecule has 1 aromatic carbocycles. The van der Waals surface area contributed by atoms with Crippen LogP contribution in [0.1, 0.15) is 31.4 Å². The summed E-state index contributed by atoms with van der Waals surface area (Å²) in [6, 6.07) is 9.63. The van der Waals surface area contributed by atoms with Crippen molar-refractivity contribution < 1.29 is 19.4 Å². The van der Waals surface area contributed by atoms with E-state index < -0.39 is 18.2 Å². The zero-order valence-corrected chi connectivity index (χ0v) is 11.7. The van der Waals surface area contributed by atoms with Crippen molar-refractivity contribution in [2.24, 2.45) is 0 Å². The molecule has 0 saturated carbocycles. The Morgan fingerprint density at radius 3 is 2.40 bits per heavy atom. The van der Waals surface area contributed by atoms with Gasteiger partial charge in [0, 0.05) is 7.05 Å². The van der Waals surface area contributed by atoms with Gasteiger partial charge >= 0.3 is 5.97 Å². The number of carbonyl (C=O) groups is 2. The van der Waals surface area contributed by atoms with Crippen molar-refractivity contribution in [2.75, 3.05) is 7.05 Å². The third-order valence-electron chi connectivity index (χ3n) is 3.78. The largest absolute Gasteiger partial charge is 0.479 e. The lowest BCUT2D eigenvalue weighted by Gasteiger charge is -2.27. The van der Waals surface area contributed by atoms with Crippen molar-refractivity contribution in [3.8, 4) is 0 Å². The third kappa shape index (κ3) is 2.99. The number of hydrogen-bond donors (Lipinski definition) is 1. The Balaban J connectivity index is 2.01. The maximum absolute atomic E-state index is 12.3. The first-order valence-corrected chi connectivity index (χ1v) is 6.70. The second-order valence-corrected chi connectivity index (χ2v) is 5.06. The van der Waals surface area contributed by atoms with Gasteiger partial charge in [-0.25, -0.2) is 4.79 Å². The van der Waals surface area contributed by atoms with Crippen LogP contribution in [0.4, 0.5) is 0 Å². The highest BCUT2D eigenvalue weighted by molar-refractivity contribution is 5.82. The number of benzene rings is 1. The minimum absolute atomic E-state index is 0.0730. The summed E-state index contributed by atoms with van der Waals surface area (Å²) in [5.41, 5.74) is 1.04. The first-order valence-electron chi connectivity index (χ1n) is 6.70. The first kappa shape index (κ1) is 14.5. The van der Waals surface area contributed by atoms with Crippen LogP contribution in [0.5, 0.6) is 0 Å². The van der Waals surface area contributed by atoms with Crippen LogP contribution < -0.4 is 0 Å². The summed E-state index contributed by atoms with van der Waals surface area (Å²) in [4.78, 5) is 24.8. The van der Waals surface area contributed by atoms with Gasteiger partial charge in [-0.2, -0.15) is 0 Å². The van der Waals surface area contributed by atoms with Crippen molar-refractivity contribution in [1.82, 2.24) is 4.90 Å². The van der Waals surface area contributed by atoms with Gasteiger partial charge in [0.15, 0.2) is 6.10 Å². The molecule has 1 heterocycles. The minimum Gasteiger partial charge on any atom is -0.479 e. The summed E-state index contributed by atoms with van der Waals surface area (Å²) in [7, 11) is 1.72. The fourth-order valence-electron chi connectivity index (χ4n) is 2.37. The van der Waals surface area contributed by atoms with Gasteiger partial charge in [-0.15, -0.1) is 0 Å². The number of amides is 1. The van der Waals surface area contributed by atoms with Gasteiger partial charge in [-0.3, -0.25) is 4.79 Å². The molecule has 108 valence electrons. The van der Waals surface area contributed by atoms with E-state index in [0.717, 1.165) is 5.56 Å². The number of aliphatic carboxylic acids is 1. The summed E-state index contributed by atoms with van der Waals surface area (Å²) in [6.45, 7) is 1.94. The molecule has 20 heavy (non-hydrogen) atoms. The fourth-order valence-corrected chi connectivity index (χ4v) is 2.37. The molecule has 0 spiro atoms. The molecule has 1 fully saturated rings. The van der Waals surface area contributed by atoms with E-state index in [1.165, 1.54) is 0 Å². The van der Waals surface area contributed by atoms with Gasteiger partial charge in [0.25, 0.3) is 5.91 Å². The zero-order valence-electron chi connectivity index (χ0n) is 11.7. The molecule has 1 amide bonds. The van der Waals surface area contributed by atoms with Gasteiger partial charge in [0.05, 0.1) is 6.04 Å². The van der Waals surface area contributed by atoms with E-state index in [9.17, 15) is 9.59 Å². The van der Waals surface area contributed by atoms with E-state index in [1.54, 1.807) is 11.9 Å². The van der Waals surface area contributed by atoms with Gasteiger partial charge in [0.2, 0.25) is 0 Å². The molecule has 3 unspecified atom stereocenters. The quantitative estimate of drug-likeness (QED) is 0.912. The molecule has 1 aromatic rings. The summed E-state index contributed by atoms with van der Waals surface area (Å²) < 4.78 is 5.30. The Morgan fingerprint density at radius 2 is 1.85 bits per heavy atom. The topological polar surface area (TPSA) is 66.8 Å². The number of nitrogens with zero attached hydrogens (tertiary/aromatic N) is 1. The number of ether oxygens (including phenoxy) is 1. The summed E-state index contributed by atoms with van der Waals surface area (Å²) >= 11 is 0. The predicted molar refractivity (Wildman–Crippen MR) is 73.2 cm³/mol. The summed E-state index contributed by atoms with van der Waals surface area (Å²) in [5, 5.41) is 8.89. The summed E-state index contributed by atoms with van der Waals surface area (Å²) in [5.74, 6) is -1.16. The highest BCUT2D eigenvalue weighted by atomic mass is 16.5. The molecular weight excluding hydrogens is 258 g/mol. The fraction of sp³-hybridized carbons (Fsp3) is 0.467. The van der Waals surface area contributed by atoms with Gasteiger partial charge in [-0.05, 0) is 25.3 Å². The van der Waals surface area contributed by atoms with Crippen molar-refractivity contribution in [3.05, 3.63) is 35.9 Å². The normalized spacial score (nSPS) is 23.3. The molecule has 3 atom stereocenters. The molecule has 2 rings (SSSR count). The Kier molecular flexibility index (Phi) is 4.39. The molecular formula is C15H19NO4. The molecule has 5 heteroatoms. The van der Waals surface area contributed by atoms with Crippen LogP contribution in [-0.4, -0.2) is 41.1 Å². The van der Waals surface area contributed by atoms with Gasteiger partial charge in [-0.1, -0.05) is 30.3 Å². The van der Waals surface area contributed by atoms with E-state index in [0.29, 0.717) is 12.8 Å². The molecule has 0 aliphatic carbocycles. The lowest BCUT2D eigenvalue weighted by Crippen LogP contribution is -2.38. The van der Waals surface area contributed by atoms with Crippen LogP contribution in [0.3, 0.4) is 0 Å². The van der Waals surface area contributed by atoms with Crippen LogP contribution in [-0.2, 0) is 14.3 Å². The van der Waals surface area contributed by atoms with Crippen LogP contribution in [0.25, 0.3) is 0 Å². The van der Waals surface area contributed by atoms with Crippen molar-refractivity contribution in [1.29, 1.82) is 0 Å². The van der Waals surface area contributed by atoms with Crippen molar-refractivity contribution in [3.63, 3.8) is 0 Å². The van der Waals surface area contributed by atoms with Crippen LogP contribution in [0.2, 0.25) is 0 Å². The van der Waals surface area contributed by atoms with E-state index >= 15 is 0 Å². The number of likely N-dealkylation sites (N-methyl/N-ethyl adjacent to an activating group) is 1. The Morgan fingerprint density at radius 1 is 1.25 bits per heavy atom. The number of carboxylic acids is 1. The average molecular weight is 277 g/mol. The maximum Gasteiger partial charge on any atom is 0.332 e. The molecule has 0 bridgehead atoms. The van der Waals surface area contributed by atoms with Crippen molar-refractivity contribution in [2.45, 2.75) is 38.0 Å². The average Bonchev–Trinajstić information content (AvgIpc) is 2.96. The lowest BCUT2D eigenvalue weighted by atomic mass is 10.1. The van der Waals surface area contributed by atoms with E-state index in [4.69, 9.17) is 9.84 Å². The van der Waals surface area contributed by atoms with Gasteiger partial charge in [0.1, 0.15) is 6.10 Å². The Bertz CT molecular complexity index is 488. The second-order valence-electron chi connectivity index (χ2n) is 5.06. The van der Waals surface area contributed by atoms with E-state index in [2.05, 4.69) is 0 Å². The second kappa shape index (κ2) is 6.05. The molecule has 1 aliphatic rings. The molecule has 0 aromatic heterocycles. The highest BCUT2D eigenvalue weighted by Gasteiger charge is 2.37. The Labute approximate surface area is 118 Å². The standard InChI is InChI=1S/C15H19NO4/c1-10(11-6-4-3-5-7-11)16(2)14(17)12-8-9-13(20-12)15(18)19/h3-7,10,12-13H,8-9H2,1-2H3,(H,18,19). The number of rotatable bonds is 4.